The molecule has 0 radical (unpaired) electrons. The van der Waals surface area contributed by atoms with Gasteiger partial charge in [0.2, 0.25) is 0 Å². The van der Waals surface area contributed by atoms with Gasteiger partial charge in [0.15, 0.2) is 18.1 Å². The Labute approximate surface area is 152 Å². The van der Waals surface area contributed by atoms with E-state index in [4.69, 9.17) is 32.4 Å². The summed E-state index contributed by atoms with van der Waals surface area (Å²) in [6.07, 6.45) is 0.268. The third kappa shape index (κ3) is 4.10. The van der Waals surface area contributed by atoms with Gasteiger partial charge in [0.25, 0.3) is 5.91 Å². The Balaban J connectivity index is 1.66. The van der Waals surface area contributed by atoms with Crippen LogP contribution in [0.2, 0.25) is 10.0 Å². The lowest BCUT2D eigenvalue weighted by molar-refractivity contribution is -0.123. The molecular weight excluding hydrogens is 367 g/mol. The van der Waals surface area contributed by atoms with E-state index in [-0.39, 0.29) is 5.56 Å². The Morgan fingerprint density at radius 3 is 2.60 bits per heavy atom. The second-order valence-electron chi connectivity index (χ2n) is 5.23. The lowest BCUT2D eigenvalue weighted by atomic mass is 10.2. The zero-order valence-electron chi connectivity index (χ0n) is 13.0. The number of esters is 1. The second-order valence-corrected chi connectivity index (χ2v) is 6.10. The van der Waals surface area contributed by atoms with Crippen LogP contribution in [-0.4, -0.2) is 23.0 Å². The highest BCUT2D eigenvalue weighted by Gasteiger charge is 2.20. The number of rotatable bonds is 4. The predicted molar refractivity (Wildman–Crippen MR) is 94.0 cm³/mol. The molecule has 0 saturated carbocycles. The summed E-state index contributed by atoms with van der Waals surface area (Å²) in [7, 11) is 0. The molecule has 25 heavy (non-hydrogen) atoms. The van der Waals surface area contributed by atoms with E-state index in [1.165, 1.54) is 25.5 Å². The highest BCUT2D eigenvalue weighted by atomic mass is 35.5. The summed E-state index contributed by atoms with van der Waals surface area (Å²) < 4.78 is 10.3. The average molecular weight is 379 g/mol. The van der Waals surface area contributed by atoms with Gasteiger partial charge in [-0.15, -0.1) is 0 Å². The molecule has 0 aliphatic rings. The Hall–Kier alpha value is -2.57. The average Bonchev–Trinajstić information content (AvgIpc) is 3.01. The van der Waals surface area contributed by atoms with Crippen molar-refractivity contribution in [3.05, 3.63) is 58.4 Å². The zero-order valence-corrected chi connectivity index (χ0v) is 14.5. The highest BCUT2D eigenvalue weighted by Crippen LogP contribution is 2.23. The number of nitrogens with zero attached hydrogens (tertiary/aromatic N) is 1. The molecule has 1 atom stereocenters. The number of fused-ring (bicyclic) bond motifs is 1. The normalized spacial score (nSPS) is 12.0. The Morgan fingerprint density at radius 1 is 1.16 bits per heavy atom. The Kier molecular flexibility index (Phi) is 4.92. The van der Waals surface area contributed by atoms with Crippen molar-refractivity contribution in [3.8, 4) is 0 Å². The maximum absolute atomic E-state index is 12.2. The van der Waals surface area contributed by atoms with Crippen LogP contribution >= 0.6 is 23.2 Å². The molecule has 1 heterocycles. The molecule has 3 rings (SSSR count). The van der Waals surface area contributed by atoms with Crippen molar-refractivity contribution in [2.75, 3.05) is 5.32 Å². The SMILES string of the molecule is CC(OC(=O)c1ccc2ocnc2c1)C(=O)Nc1cc(Cl)cc(Cl)c1. The molecule has 0 aliphatic heterocycles. The van der Waals surface area contributed by atoms with E-state index >= 15 is 0 Å². The van der Waals surface area contributed by atoms with Crippen molar-refractivity contribution in [3.63, 3.8) is 0 Å². The second kappa shape index (κ2) is 7.13. The maximum Gasteiger partial charge on any atom is 0.338 e. The van der Waals surface area contributed by atoms with Crippen LogP contribution in [0.3, 0.4) is 0 Å². The molecule has 128 valence electrons. The maximum atomic E-state index is 12.2. The van der Waals surface area contributed by atoms with Gasteiger partial charge in [-0.1, -0.05) is 23.2 Å². The number of hydrogen-bond acceptors (Lipinski definition) is 5. The molecule has 0 spiro atoms. The molecule has 1 aromatic heterocycles. The third-order valence-electron chi connectivity index (χ3n) is 3.35. The van der Waals surface area contributed by atoms with E-state index in [0.29, 0.717) is 26.8 Å². The van der Waals surface area contributed by atoms with Gasteiger partial charge in [-0.25, -0.2) is 9.78 Å². The monoisotopic (exact) mass is 378 g/mol. The van der Waals surface area contributed by atoms with Crippen LogP contribution < -0.4 is 5.32 Å². The number of ether oxygens (including phenoxy) is 1. The Bertz CT molecular complexity index is 934. The number of aromatic nitrogens is 1. The van der Waals surface area contributed by atoms with Crippen molar-refractivity contribution in [2.45, 2.75) is 13.0 Å². The molecule has 0 aliphatic carbocycles. The summed E-state index contributed by atoms with van der Waals surface area (Å²) >= 11 is 11.8. The highest BCUT2D eigenvalue weighted by molar-refractivity contribution is 6.35. The molecule has 8 heteroatoms. The summed E-state index contributed by atoms with van der Waals surface area (Å²) in [5.41, 5.74) is 1.77. The summed E-state index contributed by atoms with van der Waals surface area (Å²) in [4.78, 5) is 28.3. The number of carbonyl (C=O) groups is 2. The summed E-state index contributed by atoms with van der Waals surface area (Å²) in [6.45, 7) is 1.47. The zero-order chi connectivity index (χ0) is 18.0. The van der Waals surface area contributed by atoms with E-state index in [1.54, 1.807) is 24.3 Å². The van der Waals surface area contributed by atoms with Crippen LogP contribution in [0.4, 0.5) is 5.69 Å². The van der Waals surface area contributed by atoms with Gasteiger partial charge in [-0.3, -0.25) is 4.79 Å². The van der Waals surface area contributed by atoms with Crippen LogP contribution in [0.1, 0.15) is 17.3 Å². The summed E-state index contributed by atoms with van der Waals surface area (Å²) in [5.74, 6) is -1.15. The number of amides is 1. The van der Waals surface area contributed by atoms with Crippen molar-refractivity contribution in [1.82, 2.24) is 4.98 Å². The van der Waals surface area contributed by atoms with Gasteiger partial charge in [0, 0.05) is 15.7 Å². The largest absolute Gasteiger partial charge is 0.449 e. The smallest absolute Gasteiger partial charge is 0.338 e. The molecule has 1 amide bonds. The number of carbonyl (C=O) groups excluding carboxylic acids is 2. The van der Waals surface area contributed by atoms with Gasteiger partial charge in [-0.2, -0.15) is 0 Å². The molecule has 2 aromatic carbocycles. The van der Waals surface area contributed by atoms with Gasteiger partial charge in [-0.05, 0) is 43.3 Å². The lowest BCUT2D eigenvalue weighted by Gasteiger charge is -2.14. The molecule has 0 fully saturated rings. The fourth-order valence-corrected chi connectivity index (χ4v) is 2.66. The minimum absolute atomic E-state index is 0.270. The van der Waals surface area contributed by atoms with E-state index in [0.717, 1.165) is 0 Å². The fraction of sp³-hybridized carbons (Fsp3) is 0.118. The lowest BCUT2D eigenvalue weighted by Crippen LogP contribution is -2.30. The van der Waals surface area contributed by atoms with E-state index in [9.17, 15) is 9.59 Å². The topological polar surface area (TPSA) is 81.4 Å². The summed E-state index contributed by atoms with van der Waals surface area (Å²) in [6, 6.07) is 9.30. The number of hydrogen-bond donors (Lipinski definition) is 1. The first-order chi connectivity index (χ1) is 11.9. The number of anilines is 1. The van der Waals surface area contributed by atoms with Crippen LogP contribution in [0, 0.1) is 0 Å². The number of benzene rings is 2. The van der Waals surface area contributed by atoms with Crippen molar-refractivity contribution in [1.29, 1.82) is 0 Å². The number of halogens is 2. The van der Waals surface area contributed by atoms with Crippen molar-refractivity contribution >= 4 is 51.9 Å². The summed E-state index contributed by atoms with van der Waals surface area (Å²) in [5, 5.41) is 3.36. The standard InChI is InChI=1S/C17H12Cl2N2O4/c1-9(16(22)21-13-6-11(18)5-12(19)7-13)25-17(23)10-2-3-15-14(4-10)20-8-24-15/h2-9H,1H3,(H,21,22). The van der Waals surface area contributed by atoms with Gasteiger partial charge in [0.1, 0.15) is 5.52 Å². The van der Waals surface area contributed by atoms with Crippen LogP contribution in [0.25, 0.3) is 11.1 Å². The molecule has 3 aromatic rings. The molecule has 1 N–H and O–H groups in total. The molecule has 6 nitrogen and oxygen atoms in total. The predicted octanol–water partition coefficient (Wildman–Crippen LogP) is 4.32. The van der Waals surface area contributed by atoms with Crippen LogP contribution in [-0.2, 0) is 9.53 Å². The molecule has 0 bridgehead atoms. The van der Waals surface area contributed by atoms with Gasteiger partial charge >= 0.3 is 5.97 Å². The van der Waals surface area contributed by atoms with E-state index in [1.807, 2.05) is 0 Å². The molecule has 1 unspecified atom stereocenters. The van der Waals surface area contributed by atoms with Gasteiger partial charge in [0.05, 0.1) is 5.56 Å². The van der Waals surface area contributed by atoms with E-state index < -0.39 is 18.0 Å². The first kappa shape index (κ1) is 17.3. The van der Waals surface area contributed by atoms with Crippen molar-refractivity contribution < 1.29 is 18.7 Å². The minimum Gasteiger partial charge on any atom is -0.449 e. The molecule has 0 saturated heterocycles. The minimum atomic E-state index is -1.02. The number of oxazole rings is 1. The van der Waals surface area contributed by atoms with Crippen LogP contribution in [0.15, 0.2) is 47.2 Å². The molecular formula is C17H12Cl2N2O4. The third-order valence-corrected chi connectivity index (χ3v) is 3.79. The van der Waals surface area contributed by atoms with E-state index in [2.05, 4.69) is 10.3 Å². The van der Waals surface area contributed by atoms with Crippen LogP contribution in [0.5, 0.6) is 0 Å². The first-order valence-corrected chi connectivity index (χ1v) is 7.99. The van der Waals surface area contributed by atoms with Gasteiger partial charge < -0.3 is 14.5 Å². The van der Waals surface area contributed by atoms with Crippen molar-refractivity contribution in [2.24, 2.45) is 0 Å². The number of nitrogens with one attached hydrogen (secondary N) is 1. The fourth-order valence-electron chi connectivity index (χ4n) is 2.14. The quantitative estimate of drug-likeness (QED) is 0.683. The Morgan fingerprint density at radius 2 is 1.88 bits per heavy atom. The first-order valence-electron chi connectivity index (χ1n) is 7.23.